The highest BCUT2D eigenvalue weighted by atomic mass is 32.1. The van der Waals surface area contributed by atoms with E-state index in [-0.39, 0.29) is 0 Å². The molecule has 2 aromatic carbocycles. The van der Waals surface area contributed by atoms with Gasteiger partial charge in [0.15, 0.2) is 0 Å². The van der Waals surface area contributed by atoms with Gasteiger partial charge in [0.25, 0.3) is 0 Å². The number of hydrogen-bond acceptors (Lipinski definition) is 4. The van der Waals surface area contributed by atoms with Gasteiger partial charge in [0.1, 0.15) is 17.5 Å². The van der Waals surface area contributed by atoms with Gasteiger partial charge in [-0.25, -0.2) is 0 Å². The minimum absolute atomic E-state index is 0.611. The average molecular weight is 292 g/mol. The van der Waals surface area contributed by atoms with Gasteiger partial charge in [0.05, 0.1) is 17.6 Å². The summed E-state index contributed by atoms with van der Waals surface area (Å²) in [7, 11) is 1.63. The standard InChI is InChI=1S/C17H12N2OS/c1-20-14-9-5-8-13(10-14)16-15(11-18)17(21-19-16)12-6-3-2-4-7-12/h2-10H,1H3. The summed E-state index contributed by atoms with van der Waals surface area (Å²) in [5.74, 6) is 0.755. The molecular formula is C17H12N2OS. The first-order valence-corrected chi connectivity index (χ1v) is 7.20. The Labute approximate surface area is 127 Å². The van der Waals surface area contributed by atoms with Crippen LogP contribution in [0, 0.1) is 11.3 Å². The second kappa shape index (κ2) is 5.78. The van der Waals surface area contributed by atoms with E-state index in [1.807, 2.05) is 54.6 Å². The predicted molar refractivity (Wildman–Crippen MR) is 84.3 cm³/mol. The molecule has 0 saturated carbocycles. The van der Waals surface area contributed by atoms with E-state index in [4.69, 9.17) is 4.74 Å². The van der Waals surface area contributed by atoms with Gasteiger partial charge in [-0.15, -0.1) is 0 Å². The van der Waals surface area contributed by atoms with E-state index in [9.17, 15) is 5.26 Å². The SMILES string of the molecule is COc1cccc(-c2nsc(-c3ccccc3)c2C#N)c1. The third-order valence-corrected chi connectivity index (χ3v) is 4.08. The van der Waals surface area contributed by atoms with Crippen molar-refractivity contribution in [3.05, 3.63) is 60.2 Å². The first kappa shape index (κ1) is 13.3. The van der Waals surface area contributed by atoms with E-state index in [0.29, 0.717) is 11.3 Å². The normalized spacial score (nSPS) is 10.1. The Balaban J connectivity index is 2.13. The zero-order valence-corrected chi connectivity index (χ0v) is 12.2. The maximum atomic E-state index is 9.52. The Hall–Kier alpha value is -2.64. The summed E-state index contributed by atoms with van der Waals surface area (Å²) in [6.07, 6.45) is 0. The minimum atomic E-state index is 0.611. The molecule has 102 valence electrons. The number of rotatable bonds is 3. The Morgan fingerprint density at radius 3 is 2.52 bits per heavy atom. The summed E-state index contributed by atoms with van der Waals surface area (Å²) in [5, 5.41) is 9.52. The van der Waals surface area contributed by atoms with Gasteiger partial charge in [-0.2, -0.15) is 9.64 Å². The minimum Gasteiger partial charge on any atom is -0.497 e. The highest BCUT2D eigenvalue weighted by molar-refractivity contribution is 7.10. The smallest absolute Gasteiger partial charge is 0.119 e. The third kappa shape index (κ3) is 2.51. The van der Waals surface area contributed by atoms with Crippen LogP contribution >= 0.6 is 11.5 Å². The van der Waals surface area contributed by atoms with Crippen LogP contribution in [0.1, 0.15) is 5.56 Å². The summed E-state index contributed by atoms with van der Waals surface area (Å²) < 4.78 is 9.71. The van der Waals surface area contributed by atoms with Gasteiger partial charge in [-0.05, 0) is 29.2 Å². The van der Waals surface area contributed by atoms with Crippen LogP contribution in [-0.2, 0) is 0 Å². The van der Waals surface area contributed by atoms with Crippen molar-refractivity contribution in [3.63, 3.8) is 0 Å². The fraction of sp³-hybridized carbons (Fsp3) is 0.0588. The van der Waals surface area contributed by atoms with E-state index in [1.54, 1.807) is 7.11 Å². The molecule has 0 N–H and O–H groups in total. The molecule has 21 heavy (non-hydrogen) atoms. The van der Waals surface area contributed by atoms with Gasteiger partial charge < -0.3 is 4.74 Å². The van der Waals surface area contributed by atoms with E-state index < -0.39 is 0 Å². The van der Waals surface area contributed by atoms with E-state index in [2.05, 4.69) is 10.4 Å². The van der Waals surface area contributed by atoms with Crippen molar-refractivity contribution in [1.82, 2.24) is 4.37 Å². The Morgan fingerprint density at radius 1 is 1.05 bits per heavy atom. The number of methoxy groups -OCH3 is 1. The van der Waals surface area contributed by atoms with E-state index >= 15 is 0 Å². The molecule has 0 saturated heterocycles. The maximum Gasteiger partial charge on any atom is 0.119 e. The first-order valence-electron chi connectivity index (χ1n) is 6.43. The summed E-state index contributed by atoms with van der Waals surface area (Å²) in [5.41, 5.74) is 3.23. The summed E-state index contributed by atoms with van der Waals surface area (Å²) >= 11 is 1.35. The molecule has 0 aliphatic heterocycles. The molecule has 0 spiro atoms. The lowest BCUT2D eigenvalue weighted by molar-refractivity contribution is 0.415. The molecule has 3 nitrogen and oxygen atoms in total. The third-order valence-electron chi connectivity index (χ3n) is 3.18. The highest BCUT2D eigenvalue weighted by Crippen LogP contribution is 2.35. The van der Waals surface area contributed by atoms with Gasteiger partial charge in [0, 0.05) is 5.56 Å². The molecule has 0 atom stereocenters. The van der Waals surface area contributed by atoms with Gasteiger partial charge in [0.2, 0.25) is 0 Å². The number of aromatic nitrogens is 1. The van der Waals surface area contributed by atoms with E-state index in [0.717, 1.165) is 21.8 Å². The van der Waals surface area contributed by atoms with Crippen LogP contribution in [0.4, 0.5) is 0 Å². The lowest BCUT2D eigenvalue weighted by Crippen LogP contribution is -1.86. The first-order chi connectivity index (χ1) is 10.3. The molecule has 0 bridgehead atoms. The van der Waals surface area contributed by atoms with E-state index in [1.165, 1.54) is 11.5 Å². The van der Waals surface area contributed by atoms with Gasteiger partial charge >= 0.3 is 0 Å². The quantitative estimate of drug-likeness (QED) is 0.720. The molecule has 0 fully saturated rings. The van der Waals surface area contributed by atoms with Gasteiger partial charge in [-0.1, -0.05) is 42.5 Å². The molecule has 3 rings (SSSR count). The molecule has 1 heterocycles. The summed E-state index contributed by atoms with van der Waals surface area (Å²) in [6, 6.07) is 19.7. The Kier molecular flexibility index (Phi) is 3.67. The number of ether oxygens (including phenoxy) is 1. The number of nitriles is 1. The van der Waals surface area contributed by atoms with Crippen LogP contribution in [-0.4, -0.2) is 11.5 Å². The average Bonchev–Trinajstić information content (AvgIpc) is 2.99. The van der Waals surface area contributed by atoms with Crippen molar-refractivity contribution in [2.24, 2.45) is 0 Å². The topological polar surface area (TPSA) is 45.9 Å². The van der Waals surface area contributed by atoms with Crippen molar-refractivity contribution < 1.29 is 4.74 Å². The molecule has 0 amide bonds. The zero-order valence-electron chi connectivity index (χ0n) is 11.4. The second-order valence-electron chi connectivity index (χ2n) is 4.45. The molecule has 1 aromatic heterocycles. The van der Waals surface area contributed by atoms with Gasteiger partial charge in [-0.3, -0.25) is 0 Å². The van der Waals surface area contributed by atoms with Crippen LogP contribution in [0.2, 0.25) is 0 Å². The fourth-order valence-corrected chi connectivity index (χ4v) is 3.00. The molecule has 0 aliphatic carbocycles. The highest BCUT2D eigenvalue weighted by Gasteiger charge is 2.16. The van der Waals surface area contributed by atoms with Crippen molar-refractivity contribution in [2.45, 2.75) is 0 Å². The second-order valence-corrected chi connectivity index (χ2v) is 5.22. The Bertz CT molecular complexity index is 803. The zero-order chi connectivity index (χ0) is 14.7. The molecular weight excluding hydrogens is 280 g/mol. The van der Waals surface area contributed by atoms with Crippen LogP contribution < -0.4 is 4.74 Å². The van der Waals surface area contributed by atoms with Crippen LogP contribution in [0.5, 0.6) is 5.75 Å². The lowest BCUT2D eigenvalue weighted by Gasteiger charge is -2.02. The number of hydrogen-bond donors (Lipinski definition) is 0. The molecule has 0 radical (unpaired) electrons. The van der Waals surface area contributed by atoms with Crippen molar-refractivity contribution in [3.8, 4) is 33.5 Å². The molecule has 4 heteroatoms. The monoisotopic (exact) mass is 292 g/mol. The summed E-state index contributed by atoms with van der Waals surface area (Å²) in [6.45, 7) is 0. The van der Waals surface area contributed by atoms with Crippen molar-refractivity contribution >= 4 is 11.5 Å². The number of nitrogens with zero attached hydrogens (tertiary/aromatic N) is 2. The number of benzene rings is 2. The lowest BCUT2D eigenvalue weighted by atomic mass is 10.0. The molecule has 0 unspecified atom stereocenters. The molecule has 3 aromatic rings. The largest absolute Gasteiger partial charge is 0.497 e. The Morgan fingerprint density at radius 2 is 1.81 bits per heavy atom. The van der Waals surface area contributed by atoms with Crippen molar-refractivity contribution in [1.29, 1.82) is 5.26 Å². The predicted octanol–water partition coefficient (Wildman–Crippen LogP) is 4.36. The van der Waals surface area contributed by atoms with Crippen molar-refractivity contribution in [2.75, 3.05) is 7.11 Å². The van der Waals surface area contributed by atoms with Crippen LogP contribution in [0.25, 0.3) is 21.7 Å². The summed E-state index contributed by atoms with van der Waals surface area (Å²) in [4.78, 5) is 0.899. The van der Waals surface area contributed by atoms with Crippen LogP contribution in [0.3, 0.4) is 0 Å². The fourth-order valence-electron chi connectivity index (χ4n) is 2.15. The van der Waals surface area contributed by atoms with Crippen LogP contribution in [0.15, 0.2) is 54.6 Å². The molecule has 0 aliphatic rings. The maximum absolute atomic E-state index is 9.52.